The lowest BCUT2D eigenvalue weighted by atomic mass is 9.48. The summed E-state index contributed by atoms with van der Waals surface area (Å²) in [5.74, 6) is 3.13. The van der Waals surface area contributed by atoms with E-state index in [4.69, 9.17) is 0 Å². The molecule has 108 valence electrons. The van der Waals surface area contributed by atoms with Crippen LogP contribution in [-0.4, -0.2) is 0 Å². The van der Waals surface area contributed by atoms with Gasteiger partial charge in [0.15, 0.2) is 0 Å². The molecule has 20 heavy (non-hydrogen) atoms. The molecule has 4 aliphatic rings. The normalized spacial score (nSPS) is 39.2. The second-order valence-corrected chi connectivity index (χ2v) is 9.03. The van der Waals surface area contributed by atoms with Gasteiger partial charge in [-0.15, -0.1) is 0 Å². The Morgan fingerprint density at radius 3 is 1.65 bits per heavy atom. The Hall–Kier alpha value is -0.780. The third-order valence-corrected chi connectivity index (χ3v) is 6.40. The maximum Gasteiger partial charge on any atom is -0.00391 e. The van der Waals surface area contributed by atoms with Crippen molar-refractivity contribution in [2.45, 2.75) is 70.1 Å². The summed E-state index contributed by atoms with van der Waals surface area (Å²) in [6.07, 6.45) is 9.06. The number of hydrogen-bond donors (Lipinski definition) is 0. The van der Waals surface area contributed by atoms with Crippen LogP contribution in [-0.2, 0) is 10.8 Å². The zero-order chi connectivity index (χ0) is 14.0. The summed E-state index contributed by atoms with van der Waals surface area (Å²) in [5.41, 5.74) is 3.97. The van der Waals surface area contributed by atoms with Crippen LogP contribution < -0.4 is 0 Å². The van der Waals surface area contributed by atoms with E-state index in [0.717, 1.165) is 17.8 Å². The highest BCUT2D eigenvalue weighted by molar-refractivity contribution is 5.34. The molecule has 4 aliphatic carbocycles. The number of benzene rings is 1. The first-order chi connectivity index (χ1) is 9.45. The molecule has 0 atom stereocenters. The Kier molecular flexibility index (Phi) is 2.66. The summed E-state index contributed by atoms with van der Waals surface area (Å²) in [6.45, 7) is 6.94. The van der Waals surface area contributed by atoms with Crippen LogP contribution in [0.1, 0.15) is 70.4 Å². The molecule has 0 saturated heterocycles. The lowest BCUT2D eigenvalue weighted by Gasteiger charge is -2.57. The standard InChI is InChI=1S/C20H28/c1-19(2,3)17-4-6-18(7-5-17)20-11-14-8-15(12-20)10-16(9-14)13-20/h4-7,14-16H,8-13H2,1-3H3. The quantitative estimate of drug-likeness (QED) is 0.635. The molecule has 0 amide bonds. The van der Waals surface area contributed by atoms with Crippen molar-refractivity contribution in [2.24, 2.45) is 17.8 Å². The molecule has 0 heteroatoms. The van der Waals surface area contributed by atoms with Gasteiger partial charge in [0.1, 0.15) is 0 Å². The van der Waals surface area contributed by atoms with Gasteiger partial charge < -0.3 is 0 Å². The Bertz CT molecular complexity index is 465. The van der Waals surface area contributed by atoms with Gasteiger partial charge in [-0.05, 0) is 78.2 Å². The van der Waals surface area contributed by atoms with E-state index in [-0.39, 0.29) is 5.41 Å². The molecule has 0 unspecified atom stereocenters. The SMILES string of the molecule is CC(C)(C)c1ccc(C23CC4CC(CC(C4)C2)C3)cc1. The van der Waals surface area contributed by atoms with Crippen LogP contribution in [0.5, 0.6) is 0 Å². The van der Waals surface area contributed by atoms with Gasteiger partial charge in [-0.1, -0.05) is 45.0 Å². The van der Waals surface area contributed by atoms with Gasteiger partial charge >= 0.3 is 0 Å². The molecule has 0 heterocycles. The molecule has 4 saturated carbocycles. The Labute approximate surface area is 124 Å². The third kappa shape index (κ3) is 1.95. The van der Waals surface area contributed by atoms with Crippen molar-refractivity contribution in [1.29, 1.82) is 0 Å². The minimum Gasteiger partial charge on any atom is -0.0582 e. The van der Waals surface area contributed by atoms with Gasteiger partial charge in [0.2, 0.25) is 0 Å². The summed E-state index contributed by atoms with van der Waals surface area (Å²) in [5, 5.41) is 0. The molecular weight excluding hydrogens is 240 g/mol. The number of rotatable bonds is 1. The minimum absolute atomic E-state index is 0.278. The summed E-state index contributed by atoms with van der Waals surface area (Å²) < 4.78 is 0. The highest BCUT2D eigenvalue weighted by Crippen LogP contribution is 2.60. The van der Waals surface area contributed by atoms with E-state index in [1.54, 1.807) is 24.8 Å². The summed E-state index contributed by atoms with van der Waals surface area (Å²) in [7, 11) is 0. The topological polar surface area (TPSA) is 0 Å². The zero-order valence-electron chi connectivity index (χ0n) is 13.3. The third-order valence-electron chi connectivity index (χ3n) is 6.40. The van der Waals surface area contributed by atoms with Crippen molar-refractivity contribution in [3.05, 3.63) is 35.4 Å². The molecule has 5 rings (SSSR count). The van der Waals surface area contributed by atoms with E-state index in [2.05, 4.69) is 45.0 Å². The summed E-state index contributed by atoms with van der Waals surface area (Å²) in [4.78, 5) is 0. The van der Waals surface area contributed by atoms with Crippen molar-refractivity contribution in [3.8, 4) is 0 Å². The van der Waals surface area contributed by atoms with Gasteiger partial charge in [0.25, 0.3) is 0 Å². The molecule has 0 N–H and O–H groups in total. The van der Waals surface area contributed by atoms with Crippen molar-refractivity contribution in [2.75, 3.05) is 0 Å². The van der Waals surface area contributed by atoms with E-state index in [1.807, 2.05) is 0 Å². The molecule has 0 aliphatic heterocycles. The summed E-state index contributed by atoms with van der Waals surface area (Å²) in [6, 6.07) is 9.73. The van der Waals surface area contributed by atoms with Crippen LogP contribution >= 0.6 is 0 Å². The van der Waals surface area contributed by atoms with Crippen LogP contribution in [0.4, 0.5) is 0 Å². The largest absolute Gasteiger partial charge is 0.0582 e. The smallest absolute Gasteiger partial charge is 0.00391 e. The van der Waals surface area contributed by atoms with E-state index < -0.39 is 0 Å². The molecule has 0 spiro atoms. The van der Waals surface area contributed by atoms with Crippen LogP contribution in [0.25, 0.3) is 0 Å². The zero-order valence-corrected chi connectivity index (χ0v) is 13.3. The van der Waals surface area contributed by atoms with Crippen molar-refractivity contribution >= 4 is 0 Å². The summed E-state index contributed by atoms with van der Waals surface area (Å²) >= 11 is 0. The Morgan fingerprint density at radius 2 is 1.25 bits per heavy atom. The van der Waals surface area contributed by atoms with Crippen molar-refractivity contribution in [1.82, 2.24) is 0 Å². The maximum atomic E-state index is 2.47. The van der Waals surface area contributed by atoms with Crippen LogP contribution in [0, 0.1) is 17.8 Å². The van der Waals surface area contributed by atoms with Gasteiger partial charge in [0.05, 0.1) is 0 Å². The highest BCUT2D eigenvalue weighted by Gasteiger charge is 2.51. The average Bonchev–Trinajstić information content (AvgIpc) is 2.36. The predicted octanol–water partition coefficient (Wildman–Crippen LogP) is 5.45. The fraction of sp³-hybridized carbons (Fsp3) is 0.700. The molecule has 4 bridgehead atoms. The second-order valence-electron chi connectivity index (χ2n) is 9.03. The van der Waals surface area contributed by atoms with Gasteiger partial charge in [-0.2, -0.15) is 0 Å². The average molecular weight is 268 g/mol. The molecule has 4 fully saturated rings. The van der Waals surface area contributed by atoms with Gasteiger partial charge in [0, 0.05) is 0 Å². The maximum absolute atomic E-state index is 2.47. The molecule has 0 aromatic heterocycles. The first-order valence-electron chi connectivity index (χ1n) is 8.56. The van der Waals surface area contributed by atoms with Crippen LogP contribution in [0.15, 0.2) is 24.3 Å². The molecular formula is C20H28. The highest BCUT2D eigenvalue weighted by atomic mass is 14.6. The van der Waals surface area contributed by atoms with E-state index in [1.165, 1.54) is 24.8 Å². The van der Waals surface area contributed by atoms with Crippen molar-refractivity contribution < 1.29 is 0 Å². The lowest BCUT2D eigenvalue weighted by molar-refractivity contribution is -0.00520. The second kappa shape index (κ2) is 4.12. The van der Waals surface area contributed by atoms with Crippen LogP contribution in [0.2, 0.25) is 0 Å². The monoisotopic (exact) mass is 268 g/mol. The van der Waals surface area contributed by atoms with Gasteiger partial charge in [-0.25, -0.2) is 0 Å². The molecule has 1 aromatic rings. The fourth-order valence-electron chi connectivity index (χ4n) is 5.79. The number of hydrogen-bond acceptors (Lipinski definition) is 0. The Balaban J connectivity index is 1.67. The Morgan fingerprint density at radius 1 is 0.800 bits per heavy atom. The van der Waals surface area contributed by atoms with E-state index in [0.29, 0.717) is 5.41 Å². The van der Waals surface area contributed by atoms with E-state index >= 15 is 0 Å². The van der Waals surface area contributed by atoms with E-state index in [9.17, 15) is 0 Å². The van der Waals surface area contributed by atoms with Crippen LogP contribution in [0.3, 0.4) is 0 Å². The lowest BCUT2D eigenvalue weighted by Crippen LogP contribution is -2.48. The fourth-order valence-corrected chi connectivity index (χ4v) is 5.79. The first-order valence-corrected chi connectivity index (χ1v) is 8.56. The van der Waals surface area contributed by atoms with Gasteiger partial charge in [-0.3, -0.25) is 0 Å². The molecule has 0 radical (unpaired) electrons. The molecule has 0 nitrogen and oxygen atoms in total. The molecule has 1 aromatic carbocycles. The van der Waals surface area contributed by atoms with Crippen molar-refractivity contribution in [3.63, 3.8) is 0 Å². The predicted molar refractivity (Wildman–Crippen MR) is 85.0 cm³/mol. The first kappa shape index (κ1) is 12.9. The minimum atomic E-state index is 0.278.